The number of carbonyl (C=O) groups excluding carboxylic acids is 1. The fraction of sp³-hybridized carbons (Fsp3) is 0.909. The SMILES string of the molecule is CNC1COCC1C(=O)NCCC(C)S(C)=O. The predicted octanol–water partition coefficient (Wildman–Crippen LogP) is -0.506. The fourth-order valence-electron chi connectivity index (χ4n) is 1.79. The van der Waals surface area contributed by atoms with Crippen LogP contribution in [-0.2, 0) is 20.3 Å². The summed E-state index contributed by atoms with van der Waals surface area (Å²) < 4.78 is 16.4. The molecule has 1 rings (SSSR count). The molecule has 1 fully saturated rings. The third kappa shape index (κ3) is 4.37. The molecule has 0 aromatic rings. The molecule has 2 N–H and O–H groups in total. The number of ether oxygens (including phenoxy) is 1. The van der Waals surface area contributed by atoms with Crippen molar-refractivity contribution in [2.24, 2.45) is 5.92 Å². The minimum atomic E-state index is -0.824. The van der Waals surface area contributed by atoms with E-state index in [2.05, 4.69) is 10.6 Å². The van der Waals surface area contributed by atoms with Crippen molar-refractivity contribution in [1.29, 1.82) is 0 Å². The first-order valence-corrected chi connectivity index (χ1v) is 7.53. The maximum atomic E-state index is 11.9. The van der Waals surface area contributed by atoms with Gasteiger partial charge < -0.3 is 15.4 Å². The molecule has 4 atom stereocenters. The van der Waals surface area contributed by atoms with Crippen LogP contribution in [0.2, 0.25) is 0 Å². The molecule has 4 unspecified atom stereocenters. The second kappa shape index (κ2) is 7.08. The number of carbonyl (C=O) groups is 1. The molecule has 0 spiro atoms. The molecular weight excluding hydrogens is 240 g/mol. The van der Waals surface area contributed by atoms with E-state index < -0.39 is 10.8 Å². The highest BCUT2D eigenvalue weighted by molar-refractivity contribution is 7.84. The van der Waals surface area contributed by atoms with Crippen LogP contribution in [0.1, 0.15) is 13.3 Å². The molecule has 0 aromatic carbocycles. The van der Waals surface area contributed by atoms with Crippen LogP contribution in [0.3, 0.4) is 0 Å². The molecule has 0 saturated carbocycles. The van der Waals surface area contributed by atoms with Crippen molar-refractivity contribution in [3.05, 3.63) is 0 Å². The molecule has 6 heteroatoms. The molecule has 1 amide bonds. The lowest BCUT2D eigenvalue weighted by molar-refractivity contribution is -0.125. The van der Waals surface area contributed by atoms with Gasteiger partial charge in [0.05, 0.1) is 19.1 Å². The third-order valence-corrected chi connectivity index (χ3v) is 4.57. The van der Waals surface area contributed by atoms with E-state index in [9.17, 15) is 9.00 Å². The lowest BCUT2D eigenvalue weighted by Gasteiger charge is -2.17. The standard InChI is InChI=1S/C11H22N2O3S/c1-8(17(3)15)4-5-13-11(14)9-6-16-7-10(9)12-2/h8-10,12H,4-7H2,1-3H3,(H,13,14). The Kier molecular flexibility index (Phi) is 6.08. The van der Waals surface area contributed by atoms with Crippen molar-refractivity contribution < 1.29 is 13.7 Å². The highest BCUT2D eigenvalue weighted by atomic mass is 32.2. The summed E-state index contributed by atoms with van der Waals surface area (Å²) in [5, 5.41) is 6.08. The second-order valence-electron chi connectivity index (χ2n) is 4.43. The first-order chi connectivity index (χ1) is 8.06. The number of hydrogen-bond donors (Lipinski definition) is 2. The zero-order valence-electron chi connectivity index (χ0n) is 10.7. The van der Waals surface area contributed by atoms with Crippen LogP contribution in [0.5, 0.6) is 0 Å². The largest absolute Gasteiger partial charge is 0.379 e. The van der Waals surface area contributed by atoms with Crippen LogP contribution in [-0.4, -0.2) is 54.5 Å². The summed E-state index contributed by atoms with van der Waals surface area (Å²) in [6.45, 7) is 3.57. The fourth-order valence-corrected chi connectivity index (χ4v) is 2.24. The number of likely N-dealkylation sites (N-methyl/N-ethyl adjacent to an activating group) is 1. The third-order valence-electron chi connectivity index (χ3n) is 3.20. The van der Waals surface area contributed by atoms with E-state index in [0.29, 0.717) is 19.8 Å². The van der Waals surface area contributed by atoms with Gasteiger partial charge in [-0.15, -0.1) is 0 Å². The summed E-state index contributed by atoms with van der Waals surface area (Å²) in [6, 6.07) is 0.104. The van der Waals surface area contributed by atoms with Gasteiger partial charge in [0.1, 0.15) is 0 Å². The number of hydrogen-bond acceptors (Lipinski definition) is 4. The van der Waals surface area contributed by atoms with Crippen LogP contribution in [0, 0.1) is 5.92 Å². The summed E-state index contributed by atoms with van der Waals surface area (Å²) >= 11 is 0. The summed E-state index contributed by atoms with van der Waals surface area (Å²) in [5.41, 5.74) is 0. The van der Waals surface area contributed by atoms with Crippen molar-refractivity contribution in [2.75, 3.05) is 33.1 Å². The molecule has 5 nitrogen and oxygen atoms in total. The zero-order valence-corrected chi connectivity index (χ0v) is 11.5. The molecular formula is C11H22N2O3S. The molecule has 1 aliphatic heterocycles. The molecule has 17 heavy (non-hydrogen) atoms. The average molecular weight is 262 g/mol. The predicted molar refractivity (Wildman–Crippen MR) is 68.3 cm³/mol. The van der Waals surface area contributed by atoms with Crippen molar-refractivity contribution >= 4 is 16.7 Å². The van der Waals surface area contributed by atoms with Crippen LogP contribution in [0.4, 0.5) is 0 Å². The molecule has 1 heterocycles. The van der Waals surface area contributed by atoms with Crippen molar-refractivity contribution in [3.63, 3.8) is 0 Å². The van der Waals surface area contributed by atoms with Crippen molar-refractivity contribution in [2.45, 2.75) is 24.6 Å². The first kappa shape index (κ1) is 14.6. The van der Waals surface area contributed by atoms with E-state index >= 15 is 0 Å². The Bertz CT molecular complexity index is 286. The van der Waals surface area contributed by atoms with Gasteiger partial charge in [-0.25, -0.2) is 0 Å². The van der Waals surface area contributed by atoms with Crippen molar-refractivity contribution in [1.82, 2.24) is 10.6 Å². The minimum absolute atomic E-state index is 0.0240. The second-order valence-corrected chi connectivity index (χ2v) is 6.23. The van der Waals surface area contributed by atoms with Gasteiger partial charge in [0.25, 0.3) is 0 Å². The van der Waals surface area contributed by atoms with Gasteiger partial charge in [-0.3, -0.25) is 9.00 Å². The quantitative estimate of drug-likeness (QED) is 0.677. The summed E-state index contributed by atoms with van der Waals surface area (Å²) in [4.78, 5) is 11.9. The maximum absolute atomic E-state index is 11.9. The highest BCUT2D eigenvalue weighted by Crippen LogP contribution is 2.13. The molecule has 0 bridgehead atoms. The Morgan fingerprint density at radius 3 is 2.82 bits per heavy atom. The lowest BCUT2D eigenvalue weighted by atomic mass is 10.0. The van der Waals surface area contributed by atoms with Gasteiger partial charge >= 0.3 is 0 Å². The van der Waals surface area contributed by atoms with Gasteiger partial charge in [-0.2, -0.15) is 0 Å². The van der Waals surface area contributed by atoms with E-state index in [1.165, 1.54) is 0 Å². The average Bonchev–Trinajstić information content (AvgIpc) is 2.76. The lowest BCUT2D eigenvalue weighted by Crippen LogP contribution is -2.43. The van der Waals surface area contributed by atoms with Gasteiger partial charge in [0.2, 0.25) is 5.91 Å². The maximum Gasteiger partial charge on any atom is 0.227 e. The molecule has 0 radical (unpaired) electrons. The van der Waals surface area contributed by atoms with E-state index in [1.807, 2.05) is 14.0 Å². The Hall–Kier alpha value is -0.460. The summed E-state index contributed by atoms with van der Waals surface area (Å²) in [6.07, 6.45) is 2.43. The van der Waals surface area contributed by atoms with Crippen molar-refractivity contribution in [3.8, 4) is 0 Å². The summed E-state index contributed by atoms with van der Waals surface area (Å²) in [7, 11) is 1.01. The number of rotatable bonds is 6. The Morgan fingerprint density at radius 1 is 1.53 bits per heavy atom. The van der Waals surface area contributed by atoms with Gasteiger partial charge in [0, 0.05) is 34.9 Å². The number of nitrogens with one attached hydrogen (secondary N) is 2. The van der Waals surface area contributed by atoms with E-state index in [0.717, 1.165) is 6.42 Å². The van der Waals surface area contributed by atoms with Crippen LogP contribution >= 0.6 is 0 Å². The van der Waals surface area contributed by atoms with Crippen LogP contribution in [0.15, 0.2) is 0 Å². The van der Waals surface area contributed by atoms with Gasteiger partial charge in [-0.1, -0.05) is 6.92 Å². The van der Waals surface area contributed by atoms with Gasteiger partial charge in [0.15, 0.2) is 0 Å². The van der Waals surface area contributed by atoms with Crippen LogP contribution in [0.25, 0.3) is 0 Å². The van der Waals surface area contributed by atoms with Gasteiger partial charge in [-0.05, 0) is 13.5 Å². The Morgan fingerprint density at radius 2 is 2.24 bits per heavy atom. The highest BCUT2D eigenvalue weighted by Gasteiger charge is 2.32. The smallest absolute Gasteiger partial charge is 0.227 e. The molecule has 0 aromatic heterocycles. The first-order valence-electron chi connectivity index (χ1n) is 5.91. The normalized spacial score (nSPS) is 27.7. The topological polar surface area (TPSA) is 67.4 Å². The zero-order chi connectivity index (χ0) is 12.8. The Balaban J connectivity index is 2.27. The van der Waals surface area contributed by atoms with Crippen LogP contribution < -0.4 is 10.6 Å². The molecule has 100 valence electrons. The Labute approximate surface area is 105 Å². The monoisotopic (exact) mass is 262 g/mol. The summed E-state index contributed by atoms with van der Waals surface area (Å²) in [5.74, 6) is -0.0848. The molecule has 1 aliphatic rings. The minimum Gasteiger partial charge on any atom is -0.379 e. The molecule has 1 saturated heterocycles. The van der Waals surface area contributed by atoms with E-state index in [1.54, 1.807) is 6.26 Å². The van der Waals surface area contributed by atoms with E-state index in [-0.39, 0.29) is 23.1 Å². The number of amides is 1. The molecule has 0 aliphatic carbocycles. The van der Waals surface area contributed by atoms with E-state index in [4.69, 9.17) is 4.74 Å².